The van der Waals surface area contributed by atoms with Crippen LogP contribution in [0.5, 0.6) is 0 Å². The average Bonchev–Trinajstić information content (AvgIpc) is 3.16. The molecule has 0 radical (unpaired) electrons. The molecule has 0 saturated heterocycles. The quantitative estimate of drug-likeness (QED) is 0.572. The zero-order valence-corrected chi connectivity index (χ0v) is 14.4. The number of fused-ring (bicyclic) bond motifs is 2. The van der Waals surface area contributed by atoms with Gasteiger partial charge in [-0.05, 0) is 61.0 Å². The standard InChI is InChI=1S/C18H16N2O4S/c1-9-16(17(19)25-20-9)18(22)23-8-12-7-15(21)24-14-6-11-4-2-3-10(11)5-13(12)14/h5-7H,2-4,8,19H2,1H3. The fourth-order valence-electron chi connectivity index (χ4n) is 3.27. The lowest BCUT2D eigenvalue weighted by atomic mass is 10.0. The van der Waals surface area contributed by atoms with Crippen molar-refractivity contribution in [2.45, 2.75) is 32.8 Å². The number of anilines is 1. The average molecular weight is 356 g/mol. The third kappa shape index (κ3) is 2.80. The van der Waals surface area contributed by atoms with Gasteiger partial charge in [0.25, 0.3) is 0 Å². The summed E-state index contributed by atoms with van der Waals surface area (Å²) in [5, 5.41) is 1.14. The molecule has 3 aromatic rings. The number of esters is 1. The number of hydrogen-bond acceptors (Lipinski definition) is 7. The van der Waals surface area contributed by atoms with Crippen LogP contribution in [0, 0.1) is 6.92 Å². The number of carbonyl (C=O) groups is 1. The lowest BCUT2D eigenvalue weighted by Crippen LogP contribution is -2.10. The monoisotopic (exact) mass is 356 g/mol. The van der Waals surface area contributed by atoms with Gasteiger partial charge in [0.2, 0.25) is 0 Å². The van der Waals surface area contributed by atoms with Crippen molar-refractivity contribution in [1.29, 1.82) is 0 Å². The molecule has 1 aliphatic rings. The number of benzene rings is 1. The van der Waals surface area contributed by atoms with Gasteiger partial charge in [-0.25, -0.2) is 9.59 Å². The Hall–Kier alpha value is -2.67. The second-order valence-electron chi connectivity index (χ2n) is 6.14. The van der Waals surface area contributed by atoms with E-state index in [0.717, 1.165) is 36.2 Å². The molecule has 0 amide bonds. The van der Waals surface area contributed by atoms with Crippen molar-refractivity contribution >= 4 is 33.5 Å². The molecule has 1 aromatic carbocycles. The Labute approximate surface area is 147 Å². The fraction of sp³-hybridized carbons (Fsp3) is 0.278. The summed E-state index contributed by atoms with van der Waals surface area (Å²) in [6, 6.07) is 5.34. The maximum absolute atomic E-state index is 12.3. The van der Waals surface area contributed by atoms with Crippen LogP contribution in [-0.4, -0.2) is 10.3 Å². The number of aromatic nitrogens is 1. The lowest BCUT2D eigenvalue weighted by Gasteiger charge is -2.09. The van der Waals surface area contributed by atoms with E-state index in [-0.39, 0.29) is 12.2 Å². The Morgan fingerprint density at radius 2 is 2.08 bits per heavy atom. The van der Waals surface area contributed by atoms with Crippen LogP contribution in [0.15, 0.2) is 27.4 Å². The van der Waals surface area contributed by atoms with Crippen LogP contribution in [0.1, 0.15) is 39.2 Å². The van der Waals surface area contributed by atoms with Gasteiger partial charge in [0.1, 0.15) is 22.8 Å². The first kappa shape index (κ1) is 15.8. The molecule has 0 atom stereocenters. The first-order chi connectivity index (χ1) is 12.0. The van der Waals surface area contributed by atoms with Gasteiger partial charge in [0.15, 0.2) is 0 Å². The third-order valence-corrected chi connectivity index (χ3v) is 5.26. The van der Waals surface area contributed by atoms with Crippen LogP contribution in [0.25, 0.3) is 11.0 Å². The SMILES string of the molecule is Cc1nsc(N)c1C(=O)OCc1cc(=O)oc2cc3c(cc12)CCC3. The maximum Gasteiger partial charge on any atom is 0.343 e. The Morgan fingerprint density at radius 3 is 2.80 bits per heavy atom. The summed E-state index contributed by atoms with van der Waals surface area (Å²) >= 11 is 1.06. The fourth-order valence-corrected chi connectivity index (χ4v) is 3.91. The van der Waals surface area contributed by atoms with Crippen molar-refractivity contribution in [1.82, 2.24) is 4.37 Å². The predicted molar refractivity (Wildman–Crippen MR) is 94.9 cm³/mol. The first-order valence-electron chi connectivity index (χ1n) is 8.00. The first-order valence-corrected chi connectivity index (χ1v) is 8.77. The van der Waals surface area contributed by atoms with E-state index >= 15 is 0 Å². The van der Waals surface area contributed by atoms with Crippen LogP contribution in [0.3, 0.4) is 0 Å². The van der Waals surface area contributed by atoms with Crippen LogP contribution in [-0.2, 0) is 24.2 Å². The summed E-state index contributed by atoms with van der Waals surface area (Å²) in [4.78, 5) is 24.1. The molecule has 2 N–H and O–H groups in total. The van der Waals surface area contributed by atoms with Gasteiger partial charge in [0, 0.05) is 17.0 Å². The van der Waals surface area contributed by atoms with Gasteiger partial charge >= 0.3 is 11.6 Å². The van der Waals surface area contributed by atoms with Crippen molar-refractivity contribution in [2.24, 2.45) is 0 Å². The summed E-state index contributed by atoms with van der Waals surface area (Å²) in [6.45, 7) is 1.69. The highest BCUT2D eigenvalue weighted by molar-refractivity contribution is 7.10. The van der Waals surface area contributed by atoms with Gasteiger partial charge in [-0.1, -0.05) is 0 Å². The number of aryl methyl sites for hydroxylation is 3. The van der Waals surface area contributed by atoms with Gasteiger partial charge in [-0.2, -0.15) is 4.37 Å². The molecule has 0 unspecified atom stereocenters. The normalized spacial score (nSPS) is 13.2. The minimum atomic E-state index is -0.536. The largest absolute Gasteiger partial charge is 0.457 e. The number of nitrogens with zero attached hydrogens (tertiary/aromatic N) is 1. The molecule has 0 aliphatic heterocycles. The van der Waals surface area contributed by atoms with Crippen molar-refractivity contribution in [2.75, 3.05) is 5.73 Å². The number of rotatable bonds is 3. The van der Waals surface area contributed by atoms with E-state index in [1.165, 1.54) is 17.2 Å². The topological polar surface area (TPSA) is 95.4 Å². The van der Waals surface area contributed by atoms with Crippen LogP contribution < -0.4 is 11.4 Å². The van der Waals surface area contributed by atoms with Crippen molar-refractivity contribution < 1.29 is 13.9 Å². The van der Waals surface area contributed by atoms with Crippen molar-refractivity contribution in [3.63, 3.8) is 0 Å². The summed E-state index contributed by atoms with van der Waals surface area (Å²) in [6.07, 6.45) is 3.11. The Morgan fingerprint density at radius 1 is 1.32 bits per heavy atom. The molecular formula is C18H16N2O4S. The summed E-state index contributed by atoms with van der Waals surface area (Å²) in [5.74, 6) is -0.536. The molecular weight excluding hydrogens is 340 g/mol. The molecule has 7 heteroatoms. The molecule has 2 heterocycles. The molecule has 128 valence electrons. The Bertz CT molecular complexity index is 1030. The highest BCUT2D eigenvalue weighted by Gasteiger charge is 2.20. The zero-order chi connectivity index (χ0) is 17.6. The number of carbonyl (C=O) groups excluding carboxylic acids is 1. The number of ether oxygens (including phenoxy) is 1. The highest BCUT2D eigenvalue weighted by atomic mass is 32.1. The van der Waals surface area contributed by atoms with E-state index in [2.05, 4.69) is 4.37 Å². The maximum atomic E-state index is 12.3. The van der Waals surface area contributed by atoms with E-state index in [1.54, 1.807) is 6.92 Å². The molecule has 25 heavy (non-hydrogen) atoms. The second-order valence-corrected chi connectivity index (χ2v) is 6.95. The minimum Gasteiger partial charge on any atom is -0.457 e. The predicted octanol–water partition coefficient (Wildman–Crippen LogP) is 2.99. The molecule has 6 nitrogen and oxygen atoms in total. The van der Waals surface area contributed by atoms with Crippen molar-refractivity contribution in [3.8, 4) is 0 Å². The highest BCUT2D eigenvalue weighted by Crippen LogP contribution is 2.29. The second kappa shape index (κ2) is 6.00. The molecule has 0 bridgehead atoms. The van der Waals surface area contributed by atoms with Crippen molar-refractivity contribution in [3.05, 3.63) is 56.6 Å². The third-order valence-electron chi connectivity index (χ3n) is 4.49. The van der Waals surface area contributed by atoms with Gasteiger partial charge < -0.3 is 14.9 Å². The van der Waals surface area contributed by atoms with Gasteiger partial charge in [-0.3, -0.25) is 0 Å². The number of nitrogens with two attached hydrogens (primary N) is 1. The number of hydrogen-bond donors (Lipinski definition) is 1. The summed E-state index contributed by atoms with van der Waals surface area (Å²) in [5.41, 5.74) is 9.81. The molecule has 0 fully saturated rings. The van der Waals surface area contributed by atoms with E-state index in [0.29, 0.717) is 21.8 Å². The Balaban J connectivity index is 1.67. The van der Waals surface area contributed by atoms with Crippen LogP contribution in [0.2, 0.25) is 0 Å². The Kier molecular flexibility index (Phi) is 3.80. The van der Waals surface area contributed by atoms with E-state index in [1.807, 2.05) is 12.1 Å². The lowest BCUT2D eigenvalue weighted by molar-refractivity contribution is 0.0474. The molecule has 4 rings (SSSR count). The zero-order valence-electron chi connectivity index (χ0n) is 13.6. The molecule has 0 saturated carbocycles. The molecule has 2 aromatic heterocycles. The molecule has 0 spiro atoms. The number of nitrogen functional groups attached to an aromatic ring is 1. The van der Waals surface area contributed by atoms with E-state index in [9.17, 15) is 9.59 Å². The smallest absolute Gasteiger partial charge is 0.343 e. The van der Waals surface area contributed by atoms with E-state index in [4.69, 9.17) is 14.9 Å². The summed E-state index contributed by atoms with van der Waals surface area (Å²) < 4.78 is 14.8. The van der Waals surface area contributed by atoms with Crippen LogP contribution in [0.4, 0.5) is 5.00 Å². The van der Waals surface area contributed by atoms with Gasteiger partial charge in [-0.15, -0.1) is 0 Å². The molecule has 1 aliphatic carbocycles. The van der Waals surface area contributed by atoms with E-state index < -0.39 is 11.6 Å². The minimum absolute atomic E-state index is 0.0194. The summed E-state index contributed by atoms with van der Waals surface area (Å²) in [7, 11) is 0. The van der Waals surface area contributed by atoms with Gasteiger partial charge in [0.05, 0.1) is 5.69 Å². The van der Waals surface area contributed by atoms with Crippen LogP contribution >= 0.6 is 11.5 Å².